The molecule has 1 aromatic rings. The van der Waals surface area contributed by atoms with Crippen LogP contribution in [0.3, 0.4) is 0 Å². The van der Waals surface area contributed by atoms with E-state index in [1.165, 1.54) is 6.07 Å². The minimum atomic E-state index is -0.820. The molecule has 1 heterocycles. The fourth-order valence-electron chi connectivity index (χ4n) is 2.05. The highest BCUT2D eigenvalue weighted by Gasteiger charge is 2.24. The maximum Gasteiger partial charge on any atom is 0.238 e. The van der Waals surface area contributed by atoms with Crippen LogP contribution in [-0.2, 0) is 9.53 Å². The highest BCUT2D eigenvalue weighted by molar-refractivity contribution is 5.92. The van der Waals surface area contributed by atoms with Gasteiger partial charge in [0.2, 0.25) is 5.91 Å². The van der Waals surface area contributed by atoms with Gasteiger partial charge in [-0.1, -0.05) is 6.07 Å². The maximum absolute atomic E-state index is 13.4. The molecule has 0 radical (unpaired) electrons. The predicted molar refractivity (Wildman–Crippen MR) is 68.3 cm³/mol. The van der Waals surface area contributed by atoms with Crippen LogP contribution in [0.4, 0.5) is 14.5 Å². The highest BCUT2D eigenvalue weighted by Crippen LogP contribution is 2.18. The number of para-hydroxylation sites is 1. The number of carbonyl (C=O) groups is 1. The van der Waals surface area contributed by atoms with Gasteiger partial charge in [-0.15, -0.1) is 0 Å². The number of anilines is 1. The molecule has 0 saturated carbocycles. The van der Waals surface area contributed by atoms with E-state index in [1.54, 1.807) is 4.90 Å². The molecule has 2 rings (SSSR count). The zero-order chi connectivity index (χ0) is 14.5. The average Bonchev–Trinajstić information content (AvgIpc) is 2.44. The summed E-state index contributed by atoms with van der Waals surface area (Å²) in [6.07, 6.45) is 0. The van der Waals surface area contributed by atoms with Gasteiger partial charge < -0.3 is 15.2 Å². The van der Waals surface area contributed by atoms with Gasteiger partial charge in [0.1, 0.15) is 17.3 Å². The summed E-state index contributed by atoms with van der Waals surface area (Å²) in [5.74, 6) is -2.17. The van der Waals surface area contributed by atoms with Gasteiger partial charge in [-0.05, 0) is 12.1 Å². The average molecular weight is 286 g/mol. The van der Waals surface area contributed by atoms with Crippen LogP contribution in [0.5, 0.6) is 0 Å². The highest BCUT2D eigenvalue weighted by atomic mass is 19.1. The Bertz CT molecular complexity index is 464. The lowest BCUT2D eigenvalue weighted by atomic mass is 10.2. The van der Waals surface area contributed by atoms with E-state index in [-0.39, 0.29) is 19.2 Å². The SMILES string of the molecule is O=C(CN1CCOCC1CO)Nc1c(F)cccc1F. The molecule has 1 fully saturated rings. The summed E-state index contributed by atoms with van der Waals surface area (Å²) in [7, 11) is 0. The number of carbonyl (C=O) groups excluding carboxylic acids is 1. The van der Waals surface area contributed by atoms with Gasteiger partial charge in [0, 0.05) is 6.54 Å². The molecule has 2 N–H and O–H groups in total. The minimum Gasteiger partial charge on any atom is -0.395 e. The van der Waals surface area contributed by atoms with E-state index in [2.05, 4.69) is 5.32 Å². The number of ether oxygens (including phenoxy) is 1. The normalized spacial score (nSPS) is 19.9. The number of rotatable bonds is 4. The van der Waals surface area contributed by atoms with Crippen LogP contribution in [-0.4, -0.2) is 54.9 Å². The summed E-state index contributed by atoms with van der Waals surface area (Å²) >= 11 is 0. The molecule has 0 spiro atoms. The topological polar surface area (TPSA) is 61.8 Å². The fraction of sp³-hybridized carbons (Fsp3) is 0.462. The Labute approximate surface area is 115 Å². The molecule has 0 aromatic heterocycles. The summed E-state index contributed by atoms with van der Waals surface area (Å²) in [5, 5.41) is 11.4. The minimum absolute atomic E-state index is 0.0532. The van der Waals surface area contributed by atoms with Crippen molar-refractivity contribution in [2.75, 3.05) is 38.2 Å². The molecule has 1 aliphatic heterocycles. The second-order valence-electron chi connectivity index (χ2n) is 4.53. The van der Waals surface area contributed by atoms with Crippen molar-refractivity contribution in [1.82, 2.24) is 4.90 Å². The van der Waals surface area contributed by atoms with Crippen molar-refractivity contribution in [3.63, 3.8) is 0 Å². The predicted octanol–water partition coefficient (Wildman–Crippen LogP) is 0.596. The van der Waals surface area contributed by atoms with E-state index in [9.17, 15) is 18.7 Å². The first-order valence-electron chi connectivity index (χ1n) is 6.28. The first kappa shape index (κ1) is 14.8. The number of aliphatic hydroxyl groups excluding tert-OH is 1. The molecule has 0 aliphatic carbocycles. The van der Waals surface area contributed by atoms with Crippen molar-refractivity contribution in [2.45, 2.75) is 6.04 Å². The first-order chi connectivity index (χ1) is 9.61. The van der Waals surface area contributed by atoms with Crippen molar-refractivity contribution >= 4 is 11.6 Å². The molecule has 7 heteroatoms. The molecule has 1 aliphatic rings. The van der Waals surface area contributed by atoms with Gasteiger partial charge in [-0.2, -0.15) is 0 Å². The van der Waals surface area contributed by atoms with Crippen LogP contribution in [0, 0.1) is 11.6 Å². The Morgan fingerprint density at radius 2 is 2.15 bits per heavy atom. The number of halogens is 2. The van der Waals surface area contributed by atoms with Crippen LogP contribution < -0.4 is 5.32 Å². The number of amides is 1. The monoisotopic (exact) mass is 286 g/mol. The fourth-order valence-corrected chi connectivity index (χ4v) is 2.05. The Morgan fingerprint density at radius 3 is 2.80 bits per heavy atom. The van der Waals surface area contributed by atoms with E-state index in [4.69, 9.17) is 4.74 Å². The molecule has 5 nitrogen and oxygen atoms in total. The number of hydrogen-bond donors (Lipinski definition) is 2. The van der Waals surface area contributed by atoms with E-state index in [0.717, 1.165) is 12.1 Å². The van der Waals surface area contributed by atoms with Crippen molar-refractivity contribution in [1.29, 1.82) is 0 Å². The van der Waals surface area contributed by atoms with Gasteiger partial charge in [-0.25, -0.2) is 8.78 Å². The molecular formula is C13H16F2N2O3. The Morgan fingerprint density at radius 1 is 1.45 bits per heavy atom. The molecule has 20 heavy (non-hydrogen) atoms. The quantitative estimate of drug-likeness (QED) is 0.851. The van der Waals surface area contributed by atoms with Crippen LogP contribution >= 0.6 is 0 Å². The Hall–Kier alpha value is -1.57. The lowest BCUT2D eigenvalue weighted by Gasteiger charge is -2.33. The zero-order valence-corrected chi connectivity index (χ0v) is 10.8. The summed E-state index contributed by atoms with van der Waals surface area (Å²) < 4.78 is 32.0. The lowest BCUT2D eigenvalue weighted by Crippen LogP contribution is -2.50. The third-order valence-electron chi connectivity index (χ3n) is 3.13. The molecule has 1 aromatic carbocycles. The number of nitrogens with zero attached hydrogens (tertiary/aromatic N) is 1. The van der Waals surface area contributed by atoms with E-state index < -0.39 is 23.2 Å². The van der Waals surface area contributed by atoms with Crippen LogP contribution in [0.1, 0.15) is 0 Å². The lowest BCUT2D eigenvalue weighted by molar-refractivity contribution is -0.120. The van der Waals surface area contributed by atoms with Crippen molar-refractivity contribution in [2.24, 2.45) is 0 Å². The van der Waals surface area contributed by atoms with E-state index in [0.29, 0.717) is 19.8 Å². The molecule has 1 unspecified atom stereocenters. The number of morpholine rings is 1. The standard InChI is InChI=1S/C13H16F2N2O3/c14-10-2-1-3-11(15)13(10)16-12(19)6-17-4-5-20-8-9(17)7-18/h1-3,9,18H,4-8H2,(H,16,19). The summed E-state index contributed by atoms with van der Waals surface area (Å²) in [6.45, 7) is 1.08. The second kappa shape index (κ2) is 6.74. The van der Waals surface area contributed by atoms with Gasteiger partial charge in [0.15, 0.2) is 0 Å². The van der Waals surface area contributed by atoms with Gasteiger partial charge in [-0.3, -0.25) is 9.69 Å². The Balaban J connectivity index is 1.98. The Kier molecular flexibility index (Phi) is 4.99. The third kappa shape index (κ3) is 3.50. The summed E-state index contributed by atoms with van der Waals surface area (Å²) in [4.78, 5) is 13.6. The number of nitrogens with one attached hydrogen (secondary N) is 1. The molecule has 1 amide bonds. The second-order valence-corrected chi connectivity index (χ2v) is 4.53. The maximum atomic E-state index is 13.4. The van der Waals surface area contributed by atoms with Crippen LogP contribution in [0.15, 0.2) is 18.2 Å². The molecule has 110 valence electrons. The van der Waals surface area contributed by atoms with Gasteiger partial charge in [0.25, 0.3) is 0 Å². The number of benzene rings is 1. The van der Waals surface area contributed by atoms with Crippen LogP contribution in [0.25, 0.3) is 0 Å². The van der Waals surface area contributed by atoms with E-state index >= 15 is 0 Å². The largest absolute Gasteiger partial charge is 0.395 e. The first-order valence-corrected chi connectivity index (χ1v) is 6.28. The van der Waals surface area contributed by atoms with Gasteiger partial charge >= 0.3 is 0 Å². The zero-order valence-electron chi connectivity index (χ0n) is 10.8. The van der Waals surface area contributed by atoms with Gasteiger partial charge in [0.05, 0.1) is 32.4 Å². The van der Waals surface area contributed by atoms with Crippen molar-refractivity contribution in [3.05, 3.63) is 29.8 Å². The van der Waals surface area contributed by atoms with Crippen molar-refractivity contribution in [3.8, 4) is 0 Å². The molecule has 0 bridgehead atoms. The number of hydrogen-bond acceptors (Lipinski definition) is 4. The molecular weight excluding hydrogens is 270 g/mol. The smallest absolute Gasteiger partial charge is 0.238 e. The third-order valence-corrected chi connectivity index (χ3v) is 3.13. The summed E-state index contributed by atoms with van der Waals surface area (Å²) in [5.41, 5.74) is -0.452. The van der Waals surface area contributed by atoms with Crippen molar-refractivity contribution < 1.29 is 23.4 Å². The summed E-state index contributed by atoms with van der Waals surface area (Å²) in [6, 6.07) is 3.10. The van der Waals surface area contributed by atoms with Crippen LogP contribution in [0.2, 0.25) is 0 Å². The number of aliphatic hydroxyl groups is 1. The molecule has 1 atom stereocenters. The van der Waals surface area contributed by atoms with E-state index in [1.807, 2.05) is 0 Å². The molecule has 1 saturated heterocycles.